The molecule has 7 nitrogen and oxygen atoms in total. The first-order valence-electron chi connectivity index (χ1n) is 11.9. The van der Waals surface area contributed by atoms with E-state index in [0.717, 1.165) is 18.9 Å². The van der Waals surface area contributed by atoms with Gasteiger partial charge in [0.15, 0.2) is 0 Å². The molecule has 0 saturated heterocycles. The second kappa shape index (κ2) is 14.9. The van der Waals surface area contributed by atoms with E-state index in [0.29, 0.717) is 29.3 Å². The summed E-state index contributed by atoms with van der Waals surface area (Å²) in [6, 6.07) is 9.31. The van der Waals surface area contributed by atoms with Crippen LogP contribution in [0.15, 0.2) is 42.5 Å². The molecule has 34 heavy (non-hydrogen) atoms. The van der Waals surface area contributed by atoms with Crippen LogP contribution in [0.25, 0.3) is 6.08 Å². The van der Waals surface area contributed by atoms with Gasteiger partial charge in [-0.1, -0.05) is 70.1 Å². The number of carbonyl (C=O) groups is 2. The molecule has 0 aliphatic heterocycles. The summed E-state index contributed by atoms with van der Waals surface area (Å²) >= 11 is 0. The standard InChI is InChI=1S/C27H35NO6/c1-2-3-4-5-6-7-8-9-17-34-25-15-13-22(28-23(25)14-16-26(30)31)19-24(29)20-11-10-12-21(18-20)27(32)33/h10-16,18,24,29H,2-9,17,19H2,1H3,(H,30,31)(H,32,33)/p-2/b16-14+. The monoisotopic (exact) mass is 467 g/mol. The summed E-state index contributed by atoms with van der Waals surface area (Å²) in [6.07, 6.45) is 10.8. The van der Waals surface area contributed by atoms with Gasteiger partial charge >= 0.3 is 0 Å². The van der Waals surface area contributed by atoms with Gasteiger partial charge in [0.05, 0.1) is 24.6 Å². The maximum absolute atomic E-state index is 11.1. The zero-order valence-corrected chi connectivity index (χ0v) is 19.7. The number of aromatic nitrogens is 1. The van der Waals surface area contributed by atoms with E-state index in [2.05, 4.69) is 11.9 Å². The van der Waals surface area contributed by atoms with Gasteiger partial charge in [0, 0.05) is 12.1 Å². The number of pyridine rings is 1. The summed E-state index contributed by atoms with van der Waals surface area (Å²) in [6.45, 7) is 2.70. The predicted octanol–water partition coefficient (Wildman–Crippen LogP) is 3.00. The minimum Gasteiger partial charge on any atom is -0.545 e. The largest absolute Gasteiger partial charge is 0.545 e. The summed E-state index contributed by atoms with van der Waals surface area (Å²) in [4.78, 5) is 26.4. The molecular weight excluding hydrogens is 434 g/mol. The number of ether oxygens (including phenoxy) is 1. The average Bonchev–Trinajstić information content (AvgIpc) is 2.82. The molecule has 1 unspecified atom stereocenters. The van der Waals surface area contributed by atoms with Crippen molar-refractivity contribution in [3.8, 4) is 5.75 Å². The van der Waals surface area contributed by atoms with Crippen LogP contribution in [0, 0.1) is 0 Å². The van der Waals surface area contributed by atoms with Crippen molar-refractivity contribution in [3.63, 3.8) is 0 Å². The van der Waals surface area contributed by atoms with Crippen LogP contribution in [0.3, 0.4) is 0 Å². The molecule has 1 atom stereocenters. The fourth-order valence-corrected chi connectivity index (χ4v) is 3.61. The van der Waals surface area contributed by atoms with Crippen LogP contribution in [0.5, 0.6) is 5.75 Å². The normalized spacial score (nSPS) is 12.1. The molecule has 0 aliphatic rings. The third-order valence-electron chi connectivity index (χ3n) is 5.49. The van der Waals surface area contributed by atoms with E-state index in [-0.39, 0.29) is 12.0 Å². The zero-order chi connectivity index (χ0) is 24.8. The molecule has 1 N–H and O–H groups in total. The summed E-state index contributed by atoms with van der Waals surface area (Å²) in [5, 5.41) is 32.5. The molecule has 1 aromatic heterocycles. The highest BCUT2D eigenvalue weighted by atomic mass is 16.5. The Morgan fingerprint density at radius 2 is 1.74 bits per heavy atom. The molecule has 0 radical (unpaired) electrons. The average molecular weight is 468 g/mol. The number of hydrogen-bond acceptors (Lipinski definition) is 7. The molecular formula is C27H33NO6-2. The number of aromatic carboxylic acids is 1. The lowest BCUT2D eigenvalue weighted by Gasteiger charge is -2.14. The SMILES string of the molecule is CCCCCCCCCCOc1ccc(CC(O)c2cccc(C(=O)[O-])c2)nc1/C=C/C(=O)[O-]. The molecule has 7 heteroatoms. The van der Waals surface area contributed by atoms with Crippen molar-refractivity contribution in [3.05, 3.63) is 65.0 Å². The Morgan fingerprint density at radius 1 is 1.03 bits per heavy atom. The van der Waals surface area contributed by atoms with Gasteiger partial charge in [0.1, 0.15) is 11.4 Å². The minimum absolute atomic E-state index is 0.0215. The predicted molar refractivity (Wildman–Crippen MR) is 126 cm³/mol. The number of aliphatic hydroxyl groups is 1. The van der Waals surface area contributed by atoms with E-state index >= 15 is 0 Å². The van der Waals surface area contributed by atoms with Crippen molar-refractivity contribution in [2.45, 2.75) is 70.8 Å². The van der Waals surface area contributed by atoms with Crippen LogP contribution in [0.1, 0.15) is 91.7 Å². The highest BCUT2D eigenvalue weighted by molar-refractivity contribution is 5.86. The molecule has 184 valence electrons. The van der Waals surface area contributed by atoms with Crippen molar-refractivity contribution in [2.75, 3.05) is 6.61 Å². The van der Waals surface area contributed by atoms with Gasteiger partial charge in [-0.25, -0.2) is 4.98 Å². The maximum atomic E-state index is 11.1. The van der Waals surface area contributed by atoms with Gasteiger partial charge < -0.3 is 29.6 Å². The van der Waals surface area contributed by atoms with Crippen LogP contribution < -0.4 is 14.9 Å². The highest BCUT2D eigenvalue weighted by Gasteiger charge is 2.13. The molecule has 0 bridgehead atoms. The van der Waals surface area contributed by atoms with Crippen molar-refractivity contribution >= 4 is 18.0 Å². The Balaban J connectivity index is 1.98. The molecule has 0 aliphatic carbocycles. The lowest BCUT2D eigenvalue weighted by molar-refractivity contribution is -0.297. The minimum atomic E-state index is -1.35. The number of carbonyl (C=O) groups excluding carboxylic acids is 2. The third-order valence-corrected chi connectivity index (χ3v) is 5.49. The molecule has 2 rings (SSSR count). The zero-order valence-electron chi connectivity index (χ0n) is 19.7. The van der Waals surface area contributed by atoms with E-state index in [1.54, 1.807) is 18.2 Å². The van der Waals surface area contributed by atoms with E-state index in [1.165, 1.54) is 62.8 Å². The van der Waals surface area contributed by atoms with Gasteiger partial charge in [-0.2, -0.15) is 0 Å². The van der Waals surface area contributed by atoms with Crippen molar-refractivity contribution in [2.24, 2.45) is 0 Å². The third kappa shape index (κ3) is 9.75. The summed E-state index contributed by atoms with van der Waals surface area (Å²) < 4.78 is 5.84. The van der Waals surface area contributed by atoms with Gasteiger partial charge in [-0.15, -0.1) is 0 Å². The lowest BCUT2D eigenvalue weighted by atomic mass is 10.0. The molecule has 0 amide bonds. The number of aliphatic carboxylic acids is 1. The highest BCUT2D eigenvalue weighted by Crippen LogP contribution is 2.23. The van der Waals surface area contributed by atoms with Gasteiger partial charge in [-0.3, -0.25) is 0 Å². The van der Waals surface area contributed by atoms with Crippen LogP contribution in [0.4, 0.5) is 0 Å². The number of hydrogen-bond donors (Lipinski definition) is 1. The number of rotatable bonds is 16. The smallest absolute Gasteiger partial charge is 0.144 e. The molecule has 1 aromatic carbocycles. The Labute approximate surface area is 201 Å². The molecule has 1 heterocycles. The number of carboxylic acids is 2. The fourth-order valence-electron chi connectivity index (χ4n) is 3.61. The second-order valence-electron chi connectivity index (χ2n) is 8.29. The number of carboxylic acid groups (broad SMARTS) is 2. The molecule has 0 spiro atoms. The second-order valence-corrected chi connectivity index (χ2v) is 8.29. The van der Waals surface area contributed by atoms with Crippen LogP contribution in [-0.2, 0) is 11.2 Å². The summed E-state index contributed by atoms with van der Waals surface area (Å²) in [5.41, 5.74) is 1.23. The molecule has 2 aromatic rings. The first kappa shape index (κ1) is 27.1. The molecule has 0 fully saturated rings. The van der Waals surface area contributed by atoms with Crippen molar-refractivity contribution in [1.82, 2.24) is 4.98 Å². The Morgan fingerprint density at radius 3 is 2.41 bits per heavy atom. The van der Waals surface area contributed by atoms with Crippen LogP contribution in [0.2, 0.25) is 0 Å². The maximum Gasteiger partial charge on any atom is 0.144 e. The Bertz CT molecular complexity index is 956. The fraction of sp³-hybridized carbons (Fsp3) is 0.444. The number of benzene rings is 1. The topological polar surface area (TPSA) is 123 Å². The quantitative estimate of drug-likeness (QED) is 0.297. The number of nitrogens with zero attached hydrogens (tertiary/aromatic N) is 1. The lowest BCUT2D eigenvalue weighted by Crippen LogP contribution is -2.22. The Hall–Kier alpha value is -3.19. The van der Waals surface area contributed by atoms with Gasteiger partial charge in [-0.05, 0) is 47.9 Å². The van der Waals surface area contributed by atoms with Gasteiger partial charge in [0.25, 0.3) is 0 Å². The van der Waals surface area contributed by atoms with E-state index in [1.807, 2.05) is 0 Å². The first-order valence-corrected chi connectivity index (χ1v) is 11.9. The number of aliphatic hydroxyl groups excluding tert-OH is 1. The van der Waals surface area contributed by atoms with E-state index < -0.39 is 18.0 Å². The van der Waals surface area contributed by atoms with Crippen LogP contribution in [-0.4, -0.2) is 28.6 Å². The van der Waals surface area contributed by atoms with E-state index in [4.69, 9.17) is 4.74 Å². The van der Waals surface area contributed by atoms with Crippen molar-refractivity contribution < 1.29 is 29.6 Å². The van der Waals surface area contributed by atoms with Gasteiger partial charge in [0.2, 0.25) is 0 Å². The summed E-state index contributed by atoms with van der Waals surface area (Å²) in [7, 11) is 0. The molecule has 0 saturated carbocycles. The Kier molecular flexibility index (Phi) is 11.8. The summed E-state index contributed by atoms with van der Waals surface area (Å²) in [5.74, 6) is -2.21. The first-order chi connectivity index (χ1) is 16.4. The number of unbranched alkanes of at least 4 members (excludes halogenated alkanes) is 7. The van der Waals surface area contributed by atoms with E-state index in [9.17, 15) is 24.9 Å². The van der Waals surface area contributed by atoms with Crippen LogP contribution >= 0.6 is 0 Å². The van der Waals surface area contributed by atoms with Crippen molar-refractivity contribution in [1.29, 1.82) is 0 Å².